The van der Waals surface area contributed by atoms with Gasteiger partial charge in [0.2, 0.25) is 0 Å². The maximum atomic E-state index is 14.4. The van der Waals surface area contributed by atoms with Crippen LogP contribution in [0.5, 0.6) is 0 Å². The molecule has 1 amide bonds. The predicted molar refractivity (Wildman–Crippen MR) is 168 cm³/mol. The molecule has 0 N–H and O–H groups in total. The standard InChI is InChI=1S/C35H47NO3Si/c1-27-18-19-28(2)32(26-27)33(37)36(35(6,7)29-20-23-38-24-21-29)22-25-39-40(34(3,4)5,30-14-10-8-11-15-30)31-16-12-9-13-17-31/h8-19,26,29H,20-25H2,1-7H3. The molecule has 5 heteroatoms. The van der Waals surface area contributed by atoms with E-state index in [9.17, 15) is 4.79 Å². The molecule has 0 aliphatic carbocycles. The van der Waals surface area contributed by atoms with Gasteiger partial charge in [0.15, 0.2) is 0 Å². The first-order valence-corrected chi connectivity index (χ1v) is 16.6. The molecule has 0 atom stereocenters. The second kappa shape index (κ2) is 12.4. The molecule has 1 fully saturated rings. The van der Waals surface area contributed by atoms with Gasteiger partial charge in [-0.3, -0.25) is 4.79 Å². The highest BCUT2D eigenvalue weighted by molar-refractivity contribution is 6.99. The predicted octanol–water partition coefficient (Wildman–Crippen LogP) is 6.53. The molecule has 3 aromatic carbocycles. The van der Waals surface area contributed by atoms with Crippen LogP contribution in [0.15, 0.2) is 78.9 Å². The first-order chi connectivity index (χ1) is 19.0. The van der Waals surface area contributed by atoms with Crippen LogP contribution in [0, 0.1) is 19.8 Å². The normalized spacial score (nSPS) is 15.2. The molecule has 4 nitrogen and oxygen atoms in total. The fourth-order valence-corrected chi connectivity index (χ4v) is 11.0. The van der Waals surface area contributed by atoms with E-state index in [0.717, 1.165) is 42.7 Å². The summed E-state index contributed by atoms with van der Waals surface area (Å²) in [5.41, 5.74) is 2.55. The van der Waals surface area contributed by atoms with Gasteiger partial charge >= 0.3 is 0 Å². The number of ether oxygens (including phenoxy) is 1. The molecule has 0 bridgehead atoms. The summed E-state index contributed by atoms with van der Waals surface area (Å²) in [6, 6.07) is 27.6. The second-order valence-corrected chi connectivity index (χ2v) is 17.1. The van der Waals surface area contributed by atoms with Crippen LogP contribution in [0.3, 0.4) is 0 Å². The highest BCUT2D eigenvalue weighted by Gasteiger charge is 2.50. The van der Waals surface area contributed by atoms with Crippen LogP contribution in [0.25, 0.3) is 0 Å². The van der Waals surface area contributed by atoms with Crippen molar-refractivity contribution in [1.29, 1.82) is 0 Å². The van der Waals surface area contributed by atoms with Crippen molar-refractivity contribution in [3.8, 4) is 0 Å². The third-order valence-electron chi connectivity index (χ3n) is 8.83. The largest absolute Gasteiger partial charge is 0.406 e. The SMILES string of the molecule is Cc1ccc(C)c(C(=O)N(CCO[Si](c2ccccc2)(c2ccccc2)C(C)(C)C)C(C)(C)C2CCOCC2)c1. The van der Waals surface area contributed by atoms with E-state index in [1.54, 1.807) is 0 Å². The van der Waals surface area contributed by atoms with Crippen molar-refractivity contribution in [2.75, 3.05) is 26.4 Å². The topological polar surface area (TPSA) is 38.8 Å². The minimum Gasteiger partial charge on any atom is -0.406 e. The van der Waals surface area contributed by atoms with E-state index in [1.807, 2.05) is 13.0 Å². The smallest absolute Gasteiger partial charge is 0.261 e. The summed E-state index contributed by atoms with van der Waals surface area (Å²) in [5.74, 6) is 0.451. The lowest BCUT2D eigenvalue weighted by atomic mass is 9.80. The van der Waals surface area contributed by atoms with Crippen molar-refractivity contribution in [2.45, 2.75) is 71.9 Å². The van der Waals surface area contributed by atoms with Gasteiger partial charge in [0, 0.05) is 30.9 Å². The zero-order chi connectivity index (χ0) is 29.0. The Morgan fingerprint density at radius 1 is 0.875 bits per heavy atom. The van der Waals surface area contributed by atoms with Crippen molar-refractivity contribution in [1.82, 2.24) is 4.90 Å². The number of amides is 1. The minimum absolute atomic E-state index is 0.0868. The maximum Gasteiger partial charge on any atom is 0.261 e. The van der Waals surface area contributed by atoms with Gasteiger partial charge < -0.3 is 14.1 Å². The lowest BCUT2D eigenvalue weighted by Crippen LogP contribution is -2.67. The van der Waals surface area contributed by atoms with Gasteiger partial charge in [-0.15, -0.1) is 0 Å². The number of nitrogens with zero attached hydrogens (tertiary/aromatic N) is 1. The lowest BCUT2D eigenvalue weighted by Gasteiger charge is -2.47. The van der Waals surface area contributed by atoms with Gasteiger partial charge in [-0.05, 0) is 73.5 Å². The van der Waals surface area contributed by atoms with Gasteiger partial charge in [0.05, 0.1) is 6.61 Å². The van der Waals surface area contributed by atoms with Crippen LogP contribution >= 0.6 is 0 Å². The molecule has 1 heterocycles. The highest BCUT2D eigenvalue weighted by atomic mass is 28.4. The summed E-state index contributed by atoms with van der Waals surface area (Å²) < 4.78 is 12.9. The van der Waals surface area contributed by atoms with Gasteiger partial charge in [-0.1, -0.05) is 99.1 Å². The Balaban J connectivity index is 1.72. The van der Waals surface area contributed by atoms with E-state index in [0.29, 0.717) is 19.1 Å². The van der Waals surface area contributed by atoms with Crippen molar-refractivity contribution in [3.63, 3.8) is 0 Å². The Hall–Kier alpha value is -2.73. The summed E-state index contributed by atoms with van der Waals surface area (Å²) in [5, 5.41) is 2.39. The Morgan fingerprint density at radius 2 is 1.43 bits per heavy atom. The lowest BCUT2D eigenvalue weighted by molar-refractivity contribution is -0.0103. The molecule has 0 radical (unpaired) electrons. The molecule has 1 saturated heterocycles. The minimum atomic E-state index is -2.71. The Labute approximate surface area is 242 Å². The number of carbonyl (C=O) groups excluding carboxylic acids is 1. The van der Waals surface area contributed by atoms with E-state index in [-0.39, 0.29) is 16.5 Å². The number of hydrogen-bond donors (Lipinski definition) is 0. The number of hydrogen-bond acceptors (Lipinski definition) is 3. The number of aryl methyl sites for hydroxylation is 2. The summed E-state index contributed by atoms with van der Waals surface area (Å²) in [4.78, 5) is 16.4. The van der Waals surface area contributed by atoms with Crippen molar-refractivity contribution in [2.24, 2.45) is 5.92 Å². The van der Waals surface area contributed by atoms with E-state index in [1.165, 1.54) is 10.4 Å². The van der Waals surface area contributed by atoms with Crippen molar-refractivity contribution in [3.05, 3.63) is 95.6 Å². The molecule has 1 aliphatic rings. The van der Waals surface area contributed by atoms with E-state index in [2.05, 4.69) is 119 Å². The highest BCUT2D eigenvalue weighted by Crippen LogP contribution is 2.38. The Bertz CT molecular complexity index is 1220. The van der Waals surface area contributed by atoms with Crippen molar-refractivity contribution >= 4 is 24.6 Å². The molecule has 4 rings (SSSR count). The zero-order valence-corrected chi connectivity index (χ0v) is 26.5. The summed E-state index contributed by atoms with van der Waals surface area (Å²) in [6.45, 7) is 17.9. The summed E-state index contributed by atoms with van der Waals surface area (Å²) in [7, 11) is -2.71. The number of rotatable bonds is 9. The first-order valence-electron chi connectivity index (χ1n) is 14.7. The monoisotopic (exact) mass is 557 g/mol. The van der Waals surface area contributed by atoms with E-state index in [4.69, 9.17) is 9.16 Å². The van der Waals surface area contributed by atoms with Crippen LogP contribution in [0.2, 0.25) is 5.04 Å². The average Bonchev–Trinajstić information content (AvgIpc) is 2.95. The van der Waals surface area contributed by atoms with Crippen molar-refractivity contribution < 1.29 is 14.0 Å². The Kier molecular flexibility index (Phi) is 9.39. The molecule has 0 aromatic heterocycles. The van der Waals surface area contributed by atoms with Gasteiger partial charge in [0.25, 0.3) is 14.2 Å². The molecule has 0 spiro atoms. The maximum absolute atomic E-state index is 14.4. The summed E-state index contributed by atoms with van der Waals surface area (Å²) >= 11 is 0. The number of benzene rings is 3. The van der Waals surface area contributed by atoms with Crippen LogP contribution in [-0.4, -0.2) is 51.0 Å². The van der Waals surface area contributed by atoms with Gasteiger partial charge in [-0.25, -0.2) is 0 Å². The molecular formula is C35H47NO3Si. The average molecular weight is 558 g/mol. The second-order valence-electron chi connectivity index (χ2n) is 12.8. The van der Waals surface area contributed by atoms with Crippen LogP contribution < -0.4 is 10.4 Å². The number of carbonyl (C=O) groups is 1. The molecule has 40 heavy (non-hydrogen) atoms. The molecule has 0 saturated carbocycles. The molecular weight excluding hydrogens is 510 g/mol. The molecule has 214 valence electrons. The summed E-state index contributed by atoms with van der Waals surface area (Å²) in [6.07, 6.45) is 1.91. The fraction of sp³-hybridized carbons (Fsp3) is 0.457. The quantitative estimate of drug-likeness (QED) is 0.281. The molecule has 3 aromatic rings. The zero-order valence-electron chi connectivity index (χ0n) is 25.5. The molecule has 0 unspecified atom stereocenters. The van der Waals surface area contributed by atoms with Crippen LogP contribution in [0.4, 0.5) is 0 Å². The Morgan fingerprint density at radius 3 is 1.95 bits per heavy atom. The molecule has 1 aliphatic heterocycles. The fourth-order valence-electron chi connectivity index (χ4n) is 6.44. The van der Waals surface area contributed by atoms with E-state index >= 15 is 0 Å². The van der Waals surface area contributed by atoms with Crippen LogP contribution in [0.1, 0.15) is 68.9 Å². The van der Waals surface area contributed by atoms with Gasteiger partial charge in [0.1, 0.15) is 0 Å². The third kappa shape index (κ3) is 6.12. The van der Waals surface area contributed by atoms with Crippen LogP contribution in [-0.2, 0) is 9.16 Å². The third-order valence-corrected chi connectivity index (χ3v) is 13.9. The first kappa shape index (κ1) is 30.2. The van der Waals surface area contributed by atoms with Gasteiger partial charge in [-0.2, -0.15) is 0 Å². The van der Waals surface area contributed by atoms with E-state index < -0.39 is 8.32 Å².